The van der Waals surface area contributed by atoms with Crippen molar-refractivity contribution in [1.29, 1.82) is 0 Å². The van der Waals surface area contributed by atoms with Gasteiger partial charge in [-0.05, 0) is 18.2 Å². The van der Waals surface area contributed by atoms with Gasteiger partial charge in [0.2, 0.25) is 5.91 Å². The number of ether oxygens (including phenoxy) is 2. The van der Waals surface area contributed by atoms with Crippen LogP contribution in [0.4, 0.5) is 11.5 Å². The number of anilines is 2. The summed E-state index contributed by atoms with van der Waals surface area (Å²) in [4.78, 5) is 11.9. The Morgan fingerprint density at radius 2 is 2.00 bits per heavy atom. The molecule has 2 aromatic rings. The molecule has 0 radical (unpaired) electrons. The molecule has 0 aliphatic carbocycles. The van der Waals surface area contributed by atoms with Crippen LogP contribution in [-0.4, -0.2) is 28.9 Å². The Hall–Kier alpha value is -2.38. The van der Waals surface area contributed by atoms with E-state index < -0.39 is 0 Å². The molecule has 3 rings (SSSR count). The predicted molar refractivity (Wildman–Crippen MR) is 76.4 cm³/mol. The molecule has 7 heteroatoms. The molecule has 3 N–H and O–H groups in total. The highest BCUT2D eigenvalue weighted by Gasteiger charge is 2.17. The molecule has 1 aliphatic heterocycles. The maximum Gasteiger partial charge on any atom is 0.246 e. The highest BCUT2D eigenvalue weighted by Crippen LogP contribution is 2.24. The summed E-state index contributed by atoms with van der Waals surface area (Å²) in [6.07, 6.45) is 1.36. The van der Waals surface area contributed by atoms with Crippen LogP contribution in [0.3, 0.4) is 0 Å². The molecule has 0 atom stereocenters. The van der Waals surface area contributed by atoms with Gasteiger partial charge in [-0.15, -0.1) is 0 Å². The fraction of sp³-hybridized carbons (Fsp3) is 0.286. The van der Waals surface area contributed by atoms with Crippen LogP contribution in [0.1, 0.15) is 11.9 Å². The van der Waals surface area contributed by atoms with Gasteiger partial charge in [-0.1, -0.05) is 12.1 Å². The van der Waals surface area contributed by atoms with Crippen molar-refractivity contribution < 1.29 is 14.3 Å². The van der Waals surface area contributed by atoms with Gasteiger partial charge in [-0.25, -0.2) is 0 Å². The van der Waals surface area contributed by atoms with E-state index in [0.29, 0.717) is 24.7 Å². The second-order valence-corrected chi connectivity index (χ2v) is 4.68. The zero-order valence-electron chi connectivity index (χ0n) is 11.4. The first kappa shape index (κ1) is 13.6. The summed E-state index contributed by atoms with van der Waals surface area (Å²) in [7, 11) is 0. The number of aromatic nitrogens is 2. The van der Waals surface area contributed by atoms with Crippen LogP contribution in [0.5, 0.6) is 0 Å². The number of benzene rings is 1. The van der Waals surface area contributed by atoms with Crippen molar-refractivity contribution in [1.82, 2.24) is 9.78 Å². The Kier molecular flexibility index (Phi) is 3.85. The summed E-state index contributed by atoms with van der Waals surface area (Å²) in [6, 6.07) is 9.02. The summed E-state index contributed by atoms with van der Waals surface area (Å²) < 4.78 is 12.3. The summed E-state index contributed by atoms with van der Waals surface area (Å²) in [5, 5.41) is 6.75. The number of nitrogens with one attached hydrogen (secondary N) is 1. The third-order valence-electron chi connectivity index (χ3n) is 3.06. The van der Waals surface area contributed by atoms with Crippen LogP contribution in [0.25, 0.3) is 0 Å². The standard InChI is InChI=1S/C14H16N4O3/c15-12-5-6-18(17-12)9-13(19)16-11-3-1-10(2-4-11)14-20-7-8-21-14/h1-6,14H,7-9H2,(H2,15,17)(H,16,19). The average molecular weight is 288 g/mol. The summed E-state index contributed by atoms with van der Waals surface area (Å²) in [6.45, 7) is 1.33. The topological polar surface area (TPSA) is 91.4 Å². The molecule has 21 heavy (non-hydrogen) atoms. The minimum absolute atomic E-state index is 0.119. The van der Waals surface area contributed by atoms with Crippen molar-refractivity contribution >= 4 is 17.4 Å². The molecule has 1 aromatic carbocycles. The summed E-state index contributed by atoms with van der Waals surface area (Å²) >= 11 is 0. The lowest BCUT2D eigenvalue weighted by molar-refractivity contribution is -0.116. The van der Waals surface area contributed by atoms with Gasteiger partial charge in [0.15, 0.2) is 6.29 Å². The zero-order chi connectivity index (χ0) is 14.7. The fourth-order valence-corrected chi connectivity index (χ4v) is 2.09. The van der Waals surface area contributed by atoms with E-state index in [9.17, 15) is 4.79 Å². The Morgan fingerprint density at radius 3 is 2.62 bits per heavy atom. The Labute approximate surface area is 121 Å². The number of rotatable bonds is 4. The molecule has 0 saturated carbocycles. The zero-order valence-corrected chi connectivity index (χ0v) is 11.4. The molecule has 0 unspecified atom stereocenters. The lowest BCUT2D eigenvalue weighted by atomic mass is 10.2. The van der Waals surface area contributed by atoms with Crippen molar-refractivity contribution in [3.63, 3.8) is 0 Å². The monoisotopic (exact) mass is 288 g/mol. The molecule has 1 aromatic heterocycles. The fourth-order valence-electron chi connectivity index (χ4n) is 2.09. The highest BCUT2D eigenvalue weighted by molar-refractivity contribution is 5.90. The van der Waals surface area contributed by atoms with E-state index in [-0.39, 0.29) is 18.7 Å². The minimum atomic E-state index is -0.304. The maximum absolute atomic E-state index is 11.9. The van der Waals surface area contributed by atoms with Crippen molar-refractivity contribution in [3.05, 3.63) is 42.1 Å². The Morgan fingerprint density at radius 1 is 1.29 bits per heavy atom. The number of amides is 1. The van der Waals surface area contributed by atoms with Gasteiger partial charge < -0.3 is 20.5 Å². The summed E-state index contributed by atoms with van der Waals surface area (Å²) in [5.41, 5.74) is 7.14. The third-order valence-corrected chi connectivity index (χ3v) is 3.06. The third kappa shape index (κ3) is 3.39. The molecule has 1 fully saturated rings. The van der Waals surface area contributed by atoms with Crippen LogP contribution in [0, 0.1) is 0 Å². The van der Waals surface area contributed by atoms with Crippen LogP contribution >= 0.6 is 0 Å². The SMILES string of the molecule is Nc1ccn(CC(=O)Nc2ccc(C3OCCO3)cc2)n1. The molecular weight excluding hydrogens is 272 g/mol. The number of carbonyl (C=O) groups excluding carboxylic acids is 1. The van der Waals surface area contributed by atoms with Gasteiger partial charge >= 0.3 is 0 Å². The van der Waals surface area contributed by atoms with Gasteiger partial charge in [0.05, 0.1) is 13.2 Å². The normalized spacial score (nSPS) is 15.2. The van der Waals surface area contributed by atoms with Crippen LogP contribution < -0.4 is 11.1 Å². The molecule has 1 saturated heterocycles. The van der Waals surface area contributed by atoms with E-state index in [1.165, 1.54) is 4.68 Å². The Bertz CT molecular complexity index is 617. The van der Waals surface area contributed by atoms with Crippen LogP contribution in [-0.2, 0) is 20.8 Å². The maximum atomic E-state index is 11.9. The second-order valence-electron chi connectivity index (χ2n) is 4.68. The van der Waals surface area contributed by atoms with E-state index in [1.807, 2.05) is 24.3 Å². The van der Waals surface area contributed by atoms with Crippen LogP contribution in [0.15, 0.2) is 36.5 Å². The number of nitrogen functional groups attached to an aromatic ring is 1. The number of nitrogens with two attached hydrogens (primary N) is 1. The van der Waals surface area contributed by atoms with Gasteiger partial charge in [-0.3, -0.25) is 9.48 Å². The van der Waals surface area contributed by atoms with Crippen molar-refractivity contribution in [2.45, 2.75) is 12.8 Å². The number of carbonyl (C=O) groups is 1. The first-order valence-electron chi connectivity index (χ1n) is 6.63. The largest absolute Gasteiger partial charge is 0.382 e. The van der Waals surface area contributed by atoms with Gasteiger partial charge in [0.1, 0.15) is 12.4 Å². The first-order chi connectivity index (χ1) is 10.2. The molecule has 7 nitrogen and oxygen atoms in total. The lowest BCUT2D eigenvalue weighted by Crippen LogP contribution is -2.19. The minimum Gasteiger partial charge on any atom is -0.382 e. The van der Waals surface area contributed by atoms with Crippen LogP contribution in [0.2, 0.25) is 0 Å². The molecule has 110 valence electrons. The molecule has 1 amide bonds. The number of nitrogens with zero attached hydrogens (tertiary/aromatic N) is 2. The number of hydrogen-bond donors (Lipinski definition) is 2. The highest BCUT2D eigenvalue weighted by atomic mass is 16.7. The quantitative estimate of drug-likeness (QED) is 0.880. The Balaban J connectivity index is 1.58. The van der Waals surface area contributed by atoms with Gasteiger partial charge in [0, 0.05) is 17.4 Å². The van der Waals surface area contributed by atoms with Crippen molar-refractivity contribution in [2.75, 3.05) is 24.3 Å². The second kappa shape index (κ2) is 5.94. The van der Waals surface area contributed by atoms with Gasteiger partial charge in [0.25, 0.3) is 0 Å². The van der Waals surface area contributed by atoms with E-state index in [4.69, 9.17) is 15.2 Å². The van der Waals surface area contributed by atoms with E-state index >= 15 is 0 Å². The first-order valence-corrected chi connectivity index (χ1v) is 6.63. The van der Waals surface area contributed by atoms with E-state index in [2.05, 4.69) is 10.4 Å². The molecule has 2 heterocycles. The smallest absolute Gasteiger partial charge is 0.246 e. The van der Waals surface area contributed by atoms with E-state index in [0.717, 1.165) is 5.56 Å². The lowest BCUT2D eigenvalue weighted by Gasteiger charge is -2.10. The molecular formula is C14H16N4O3. The summed E-state index contributed by atoms with van der Waals surface area (Å²) in [5.74, 6) is 0.225. The van der Waals surface area contributed by atoms with E-state index in [1.54, 1.807) is 12.3 Å². The average Bonchev–Trinajstić information content (AvgIpc) is 3.11. The van der Waals surface area contributed by atoms with Crippen molar-refractivity contribution in [3.8, 4) is 0 Å². The predicted octanol–water partition coefficient (Wildman–Crippen LogP) is 1.15. The van der Waals surface area contributed by atoms with Gasteiger partial charge in [-0.2, -0.15) is 5.10 Å². The number of hydrogen-bond acceptors (Lipinski definition) is 5. The molecule has 0 bridgehead atoms. The molecule has 0 spiro atoms. The molecule has 1 aliphatic rings. The van der Waals surface area contributed by atoms with Crippen molar-refractivity contribution in [2.24, 2.45) is 0 Å².